The standard InChI is InChI=1S/C10H6F3IN2O4/c1-19-7-2-6(16(17)18)5(3-15)8(14)9(7)20-4-10(11,12)13/h2H,4H2,1H3. The first-order valence-electron chi connectivity index (χ1n) is 4.85. The van der Waals surface area contributed by atoms with Crippen molar-refractivity contribution in [3.05, 3.63) is 25.3 Å². The van der Waals surface area contributed by atoms with E-state index >= 15 is 0 Å². The van der Waals surface area contributed by atoms with E-state index in [0.29, 0.717) is 0 Å². The average Bonchev–Trinajstić information content (AvgIpc) is 2.34. The minimum atomic E-state index is -4.58. The number of nitriles is 1. The molecule has 0 atom stereocenters. The molecule has 20 heavy (non-hydrogen) atoms. The third-order valence-corrected chi connectivity index (χ3v) is 3.10. The Morgan fingerprint density at radius 2 is 2.15 bits per heavy atom. The lowest BCUT2D eigenvalue weighted by molar-refractivity contribution is -0.385. The molecule has 0 aliphatic carbocycles. The van der Waals surface area contributed by atoms with E-state index in [-0.39, 0.29) is 20.6 Å². The molecule has 1 aromatic rings. The number of alkyl halides is 3. The Bertz CT molecular complexity index is 583. The van der Waals surface area contributed by atoms with Gasteiger partial charge in [-0.05, 0) is 22.6 Å². The van der Waals surface area contributed by atoms with Crippen molar-refractivity contribution >= 4 is 28.3 Å². The smallest absolute Gasteiger partial charge is 0.422 e. The van der Waals surface area contributed by atoms with E-state index in [0.717, 1.165) is 13.2 Å². The Kier molecular flexibility index (Phi) is 4.98. The number of methoxy groups -OCH3 is 1. The molecule has 0 fully saturated rings. The van der Waals surface area contributed by atoms with Gasteiger partial charge in [0.25, 0.3) is 5.69 Å². The van der Waals surface area contributed by atoms with E-state index in [1.807, 2.05) is 0 Å². The number of rotatable bonds is 4. The lowest BCUT2D eigenvalue weighted by atomic mass is 10.1. The van der Waals surface area contributed by atoms with Gasteiger partial charge in [-0.1, -0.05) is 0 Å². The molecular weight excluding hydrogens is 396 g/mol. The molecule has 0 radical (unpaired) electrons. The van der Waals surface area contributed by atoms with Crippen molar-refractivity contribution in [1.29, 1.82) is 5.26 Å². The van der Waals surface area contributed by atoms with Crippen molar-refractivity contribution in [2.24, 2.45) is 0 Å². The van der Waals surface area contributed by atoms with E-state index in [9.17, 15) is 23.3 Å². The summed E-state index contributed by atoms with van der Waals surface area (Å²) in [5, 5.41) is 19.7. The number of hydrogen-bond donors (Lipinski definition) is 0. The summed E-state index contributed by atoms with van der Waals surface area (Å²) in [5.74, 6) is -0.600. The zero-order chi connectivity index (χ0) is 15.5. The number of nitrogens with zero attached hydrogens (tertiary/aromatic N) is 2. The second-order valence-electron chi connectivity index (χ2n) is 3.39. The normalized spacial score (nSPS) is 10.8. The maximum Gasteiger partial charge on any atom is 0.422 e. The van der Waals surface area contributed by atoms with Gasteiger partial charge >= 0.3 is 6.18 Å². The van der Waals surface area contributed by atoms with Gasteiger partial charge < -0.3 is 9.47 Å². The van der Waals surface area contributed by atoms with Gasteiger partial charge in [0.15, 0.2) is 18.1 Å². The van der Waals surface area contributed by atoms with Crippen molar-refractivity contribution in [1.82, 2.24) is 0 Å². The van der Waals surface area contributed by atoms with Crippen LogP contribution in [-0.4, -0.2) is 24.8 Å². The van der Waals surface area contributed by atoms with Crippen LogP contribution in [0.1, 0.15) is 5.56 Å². The fraction of sp³-hybridized carbons (Fsp3) is 0.300. The summed E-state index contributed by atoms with van der Waals surface area (Å²) in [5.41, 5.74) is -0.943. The molecule has 0 aromatic heterocycles. The van der Waals surface area contributed by atoms with Crippen LogP contribution >= 0.6 is 22.6 Å². The van der Waals surface area contributed by atoms with Crippen LogP contribution in [0.2, 0.25) is 0 Å². The molecule has 0 saturated heterocycles. The van der Waals surface area contributed by atoms with Gasteiger partial charge in [-0.3, -0.25) is 10.1 Å². The molecule has 0 heterocycles. The molecule has 0 aliphatic heterocycles. The molecule has 0 amide bonds. The molecule has 0 bridgehead atoms. The number of ether oxygens (including phenoxy) is 2. The predicted octanol–water partition coefficient (Wildman–Crippen LogP) is 3.02. The minimum absolute atomic E-state index is 0.111. The molecule has 0 N–H and O–H groups in total. The Hall–Kier alpha value is -1.77. The lowest BCUT2D eigenvalue weighted by Crippen LogP contribution is -2.20. The van der Waals surface area contributed by atoms with Crippen LogP contribution in [0.3, 0.4) is 0 Å². The molecule has 1 rings (SSSR count). The molecular formula is C10H6F3IN2O4. The van der Waals surface area contributed by atoms with E-state index < -0.39 is 23.4 Å². The third kappa shape index (κ3) is 3.62. The summed E-state index contributed by atoms with van der Waals surface area (Å²) in [6.07, 6.45) is -4.58. The Balaban J connectivity index is 3.37. The molecule has 108 valence electrons. The van der Waals surface area contributed by atoms with E-state index in [1.54, 1.807) is 6.07 Å². The molecule has 1 aromatic carbocycles. The number of nitro groups is 1. The quantitative estimate of drug-likeness (QED) is 0.439. The molecule has 0 aliphatic rings. The largest absolute Gasteiger partial charge is 0.493 e. The zero-order valence-corrected chi connectivity index (χ0v) is 12.0. The van der Waals surface area contributed by atoms with Gasteiger partial charge in [0.2, 0.25) is 0 Å². The van der Waals surface area contributed by atoms with Crippen LogP contribution in [0.15, 0.2) is 6.07 Å². The Labute approximate surface area is 124 Å². The van der Waals surface area contributed by atoms with Gasteiger partial charge in [-0.2, -0.15) is 18.4 Å². The van der Waals surface area contributed by atoms with Gasteiger partial charge in [0, 0.05) is 0 Å². The number of benzene rings is 1. The summed E-state index contributed by atoms with van der Waals surface area (Å²) in [6, 6.07) is 2.42. The first kappa shape index (κ1) is 16.3. The van der Waals surface area contributed by atoms with Crippen molar-refractivity contribution in [3.63, 3.8) is 0 Å². The summed E-state index contributed by atoms with van der Waals surface area (Å²) >= 11 is 1.50. The number of hydrogen-bond acceptors (Lipinski definition) is 5. The van der Waals surface area contributed by atoms with Crippen molar-refractivity contribution in [3.8, 4) is 17.6 Å². The molecule has 0 saturated carbocycles. The van der Waals surface area contributed by atoms with Gasteiger partial charge in [0.1, 0.15) is 11.6 Å². The maximum atomic E-state index is 12.2. The Morgan fingerprint density at radius 3 is 2.55 bits per heavy atom. The molecule has 6 nitrogen and oxygen atoms in total. The van der Waals surface area contributed by atoms with Crippen LogP contribution in [0.25, 0.3) is 0 Å². The summed E-state index contributed by atoms with van der Waals surface area (Å²) in [7, 11) is 1.13. The van der Waals surface area contributed by atoms with Crippen LogP contribution in [-0.2, 0) is 0 Å². The highest BCUT2D eigenvalue weighted by molar-refractivity contribution is 14.1. The minimum Gasteiger partial charge on any atom is -0.493 e. The first-order valence-corrected chi connectivity index (χ1v) is 5.93. The van der Waals surface area contributed by atoms with Crippen LogP contribution in [0, 0.1) is 25.0 Å². The first-order chi connectivity index (χ1) is 9.21. The second kappa shape index (κ2) is 6.12. The van der Waals surface area contributed by atoms with Crippen LogP contribution in [0.4, 0.5) is 18.9 Å². The monoisotopic (exact) mass is 402 g/mol. The zero-order valence-electron chi connectivity index (χ0n) is 9.82. The van der Waals surface area contributed by atoms with Gasteiger partial charge in [-0.25, -0.2) is 0 Å². The fourth-order valence-corrected chi connectivity index (χ4v) is 2.10. The van der Waals surface area contributed by atoms with Crippen LogP contribution < -0.4 is 9.47 Å². The highest BCUT2D eigenvalue weighted by Gasteiger charge is 2.31. The lowest BCUT2D eigenvalue weighted by Gasteiger charge is -2.14. The highest BCUT2D eigenvalue weighted by atomic mass is 127. The predicted molar refractivity (Wildman–Crippen MR) is 68.6 cm³/mol. The third-order valence-electron chi connectivity index (χ3n) is 2.08. The van der Waals surface area contributed by atoms with Crippen LogP contribution in [0.5, 0.6) is 11.5 Å². The SMILES string of the molecule is COc1cc([N+](=O)[O-])c(C#N)c(I)c1OCC(F)(F)F. The van der Waals surface area contributed by atoms with Crippen molar-refractivity contribution in [2.45, 2.75) is 6.18 Å². The van der Waals surface area contributed by atoms with Crippen molar-refractivity contribution in [2.75, 3.05) is 13.7 Å². The maximum absolute atomic E-state index is 12.2. The summed E-state index contributed by atoms with van der Waals surface area (Å²) in [6.45, 7) is -1.60. The van der Waals surface area contributed by atoms with Gasteiger partial charge in [-0.15, -0.1) is 0 Å². The second-order valence-corrected chi connectivity index (χ2v) is 4.47. The highest BCUT2D eigenvalue weighted by Crippen LogP contribution is 2.40. The number of nitro benzene ring substituents is 1. The summed E-state index contributed by atoms with van der Waals surface area (Å²) < 4.78 is 45.7. The Morgan fingerprint density at radius 1 is 1.55 bits per heavy atom. The van der Waals surface area contributed by atoms with E-state index in [4.69, 9.17) is 10.00 Å². The summed E-state index contributed by atoms with van der Waals surface area (Å²) in [4.78, 5) is 9.98. The average molecular weight is 402 g/mol. The topological polar surface area (TPSA) is 85.4 Å². The van der Waals surface area contributed by atoms with Crippen molar-refractivity contribution < 1.29 is 27.6 Å². The molecule has 0 spiro atoms. The van der Waals surface area contributed by atoms with E-state index in [2.05, 4.69) is 4.74 Å². The molecule has 10 heteroatoms. The fourth-order valence-electron chi connectivity index (χ4n) is 1.29. The number of halogens is 4. The van der Waals surface area contributed by atoms with E-state index in [1.165, 1.54) is 22.6 Å². The molecule has 0 unspecified atom stereocenters. The van der Waals surface area contributed by atoms with Gasteiger partial charge in [0.05, 0.1) is 21.7 Å².